The highest BCUT2D eigenvalue weighted by atomic mass is 19.1. The number of hydrogen-bond acceptors (Lipinski definition) is 3. The molecule has 0 unspecified atom stereocenters. The fraction of sp³-hybridized carbons (Fsp3) is 0.136. The molecule has 0 bridgehead atoms. The largest absolute Gasteiger partial charge is 0.333 e. The fourth-order valence-electron chi connectivity index (χ4n) is 3.24. The van der Waals surface area contributed by atoms with Gasteiger partial charge in [-0.2, -0.15) is 0 Å². The zero-order valence-electron chi connectivity index (χ0n) is 15.1. The van der Waals surface area contributed by atoms with Gasteiger partial charge in [0.25, 0.3) is 11.8 Å². The van der Waals surface area contributed by atoms with Gasteiger partial charge in [0.15, 0.2) is 0 Å². The van der Waals surface area contributed by atoms with Gasteiger partial charge in [-0.25, -0.2) is 9.37 Å². The molecule has 2 amide bonds. The second-order valence-corrected chi connectivity index (χ2v) is 6.61. The minimum Gasteiger partial charge on any atom is -0.333 e. The molecule has 0 saturated heterocycles. The number of hydrogen-bond donors (Lipinski definition) is 1. The third-order valence-corrected chi connectivity index (χ3v) is 4.72. The Labute approximate surface area is 161 Å². The molecular formula is C22H18FN3O2. The molecule has 6 heteroatoms. The first-order valence-electron chi connectivity index (χ1n) is 9.00. The van der Waals surface area contributed by atoms with E-state index in [4.69, 9.17) is 0 Å². The number of benzene rings is 2. The molecule has 0 atom stereocenters. The number of nitrogens with zero attached hydrogens (tertiary/aromatic N) is 2. The fourth-order valence-corrected chi connectivity index (χ4v) is 3.24. The van der Waals surface area contributed by atoms with Gasteiger partial charge in [0.2, 0.25) is 0 Å². The highest BCUT2D eigenvalue weighted by Crippen LogP contribution is 2.20. The van der Waals surface area contributed by atoms with Gasteiger partial charge < -0.3 is 10.2 Å². The molecule has 28 heavy (non-hydrogen) atoms. The monoisotopic (exact) mass is 375 g/mol. The van der Waals surface area contributed by atoms with Crippen molar-refractivity contribution >= 4 is 17.5 Å². The molecule has 4 rings (SSSR count). The molecule has 1 aliphatic rings. The number of pyridine rings is 1. The summed E-state index contributed by atoms with van der Waals surface area (Å²) in [4.78, 5) is 31.3. The van der Waals surface area contributed by atoms with Crippen molar-refractivity contribution in [2.75, 3.05) is 11.9 Å². The van der Waals surface area contributed by atoms with Gasteiger partial charge in [0.1, 0.15) is 17.2 Å². The average molecular weight is 375 g/mol. The molecule has 0 fully saturated rings. The van der Waals surface area contributed by atoms with Crippen LogP contribution in [0.2, 0.25) is 0 Å². The Hall–Kier alpha value is -3.54. The maximum atomic E-state index is 13.0. The molecule has 3 aromatic rings. The topological polar surface area (TPSA) is 62.3 Å². The summed E-state index contributed by atoms with van der Waals surface area (Å²) in [5.74, 6) is -1.04. The van der Waals surface area contributed by atoms with Crippen LogP contribution in [0.3, 0.4) is 0 Å². The maximum Gasteiger partial charge on any atom is 0.274 e. The zero-order chi connectivity index (χ0) is 19.5. The van der Waals surface area contributed by atoms with Gasteiger partial charge in [-0.05, 0) is 53.9 Å². The number of halogens is 1. The van der Waals surface area contributed by atoms with E-state index in [-0.39, 0.29) is 23.1 Å². The van der Waals surface area contributed by atoms with E-state index >= 15 is 0 Å². The normalized spacial score (nSPS) is 13.0. The summed E-state index contributed by atoms with van der Waals surface area (Å²) >= 11 is 0. The highest BCUT2D eigenvalue weighted by Gasteiger charge is 2.23. The Morgan fingerprint density at radius 2 is 1.61 bits per heavy atom. The summed E-state index contributed by atoms with van der Waals surface area (Å²) in [6.45, 7) is 1.15. The second-order valence-electron chi connectivity index (χ2n) is 6.61. The van der Waals surface area contributed by atoms with Crippen molar-refractivity contribution in [3.05, 3.63) is 95.1 Å². The lowest BCUT2D eigenvalue weighted by Gasteiger charge is -2.28. The van der Waals surface area contributed by atoms with E-state index in [2.05, 4.69) is 16.4 Å². The van der Waals surface area contributed by atoms with E-state index < -0.39 is 5.91 Å². The minimum absolute atomic E-state index is 0.132. The van der Waals surface area contributed by atoms with Crippen molar-refractivity contribution in [3.63, 3.8) is 0 Å². The zero-order valence-corrected chi connectivity index (χ0v) is 15.1. The molecular weight excluding hydrogens is 357 g/mol. The van der Waals surface area contributed by atoms with Gasteiger partial charge in [0.05, 0.1) is 0 Å². The van der Waals surface area contributed by atoms with E-state index in [9.17, 15) is 14.0 Å². The predicted octanol–water partition coefficient (Wildman–Crippen LogP) is 3.67. The molecule has 1 aliphatic heterocycles. The van der Waals surface area contributed by atoms with Crippen molar-refractivity contribution < 1.29 is 14.0 Å². The van der Waals surface area contributed by atoms with Gasteiger partial charge in [0, 0.05) is 18.8 Å². The summed E-state index contributed by atoms with van der Waals surface area (Å²) in [6.07, 6.45) is 0.798. The Kier molecular flexibility index (Phi) is 4.85. The number of anilines is 1. The average Bonchev–Trinajstić information content (AvgIpc) is 2.74. The minimum atomic E-state index is -0.453. The number of fused-ring (bicyclic) bond motifs is 1. The van der Waals surface area contributed by atoms with Crippen LogP contribution in [-0.4, -0.2) is 28.2 Å². The lowest BCUT2D eigenvalue weighted by atomic mass is 10.00. The quantitative estimate of drug-likeness (QED) is 0.760. The van der Waals surface area contributed by atoms with Gasteiger partial charge in [-0.3, -0.25) is 9.59 Å². The molecule has 2 heterocycles. The van der Waals surface area contributed by atoms with Crippen LogP contribution in [0.5, 0.6) is 0 Å². The van der Waals surface area contributed by atoms with Crippen LogP contribution < -0.4 is 5.32 Å². The van der Waals surface area contributed by atoms with E-state index in [0.29, 0.717) is 18.8 Å². The first-order valence-corrected chi connectivity index (χ1v) is 9.00. The van der Waals surface area contributed by atoms with Crippen molar-refractivity contribution in [2.45, 2.75) is 13.0 Å². The molecule has 0 spiro atoms. The standard InChI is InChI=1S/C22H18FN3O2/c23-17-8-10-18(11-9-17)24-21(27)19-6-3-7-20(25-19)22(28)26-13-12-15-4-1-2-5-16(15)14-26/h1-11H,12-14H2,(H,24,27). The smallest absolute Gasteiger partial charge is 0.274 e. The van der Waals surface area contributed by atoms with Crippen LogP contribution in [0.15, 0.2) is 66.7 Å². The summed E-state index contributed by atoms with van der Waals surface area (Å²) in [7, 11) is 0. The van der Waals surface area contributed by atoms with Gasteiger partial charge in [-0.15, -0.1) is 0 Å². The van der Waals surface area contributed by atoms with Crippen LogP contribution in [0.1, 0.15) is 32.1 Å². The molecule has 1 aromatic heterocycles. The number of carbonyl (C=O) groups is 2. The number of rotatable bonds is 3. The van der Waals surface area contributed by atoms with E-state index in [0.717, 1.165) is 12.0 Å². The number of amides is 2. The third-order valence-electron chi connectivity index (χ3n) is 4.72. The molecule has 1 N–H and O–H groups in total. The Balaban J connectivity index is 1.49. The maximum absolute atomic E-state index is 13.0. The molecule has 0 aliphatic carbocycles. The predicted molar refractivity (Wildman–Crippen MR) is 103 cm³/mol. The molecule has 0 saturated carbocycles. The first kappa shape index (κ1) is 17.9. The van der Waals surface area contributed by atoms with Crippen LogP contribution in [0.25, 0.3) is 0 Å². The van der Waals surface area contributed by atoms with Crippen molar-refractivity contribution in [1.29, 1.82) is 0 Å². The summed E-state index contributed by atoms with van der Waals surface area (Å²) in [5.41, 5.74) is 3.20. The van der Waals surface area contributed by atoms with Crippen molar-refractivity contribution in [1.82, 2.24) is 9.88 Å². The SMILES string of the molecule is O=C(Nc1ccc(F)cc1)c1cccc(C(=O)N2CCc3ccccc3C2)n1. The van der Waals surface area contributed by atoms with E-state index in [1.165, 1.54) is 29.8 Å². The summed E-state index contributed by atoms with van der Waals surface area (Å²) < 4.78 is 13.0. The molecule has 5 nitrogen and oxygen atoms in total. The Bertz CT molecular complexity index is 1030. The summed E-state index contributed by atoms with van der Waals surface area (Å²) in [5, 5.41) is 2.65. The summed E-state index contributed by atoms with van der Waals surface area (Å²) in [6, 6.07) is 18.3. The lowest BCUT2D eigenvalue weighted by Crippen LogP contribution is -2.36. The Morgan fingerprint density at radius 1 is 0.893 bits per heavy atom. The Morgan fingerprint density at radius 3 is 2.39 bits per heavy atom. The van der Waals surface area contributed by atoms with Crippen molar-refractivity contribution in [2.24, 2.45) is 0 Å². The van der Waals surface area contributed by atoms with Crippen molar-refractivity contribution in [3.8, 4) is 0 Å². The van der Waals surface area contributed by atoms with Crippen LogP contribution >= 0.6 is 0 Å². The number of aromatic nitrogens is 1. The lowest BCUT2D eigenvalue weighted by molar-refractivity contribution is 0.0728. The van der Waals surface area contributed by atoms with Crippen LogP contribution in [-0.2, 0) is 13.0 Å². The molecule has 0 radical (unpaired) electrons. The number of nitrogens with one attached hydrogen (secondary N) is 1. The van der Waals surface area contributed by atoms with E-state index in [1.54, 1.807) is 23.1 Å². The third kappa shape index (κ3) is 3.76. The van der Waals surface area contributed by atoms with Crippen LogP contribution in [0, 0.1) is 5.82 Å². The van der Waals surface area contributed by atoms with Gasteiger partial charge >= 0.3 is 0 Å². The molecule has 2 aromatic carbocycles. The first-order chi connectivity index (χ1) is 13.6. The van der Waals surface area contributed by atoms with E-state index in [1.807, 2.05) is 18.2 Å². The highest BCUT2D eigenvalue weighted by molar-refractivity contribution is 6.03. The van der Waals surface area contributed by atoms with Crippen LogP contribution in [0.4, 0.5) is 10.1 Å². The second kappa shape index (κ2) is 7.60. The van der Waals surface area contributed by atoms with Gasteiger partial charge in [-0.1, -0.05) is 30.3 Å². The molecule has 140 valence electrons. The number of carbonyl (C=O) groups excluding carboxylic acids is 2.